The van der Waals surface area contributed by atoms with Crippen LogP contribution >= 0.6 is 31.9 Å². The van der Waals surface area contributed by atoms with Crippen molar-refractivity contribution in [3.8, 4) is 17.2 Å². The molecule has 4 rings (SSSR count). The lowest BCUT2D eigenvalue weighted by Gasteiger charge is -2.18. The number of nitrogens with zero attached hydrogens (tertiary/aromatic N) is 1. The highest BCUT2D eigenvalue weighted by molar-refractivity contribution is 9.11. The first-order valence-electron chi connectivity index (χ1n) is 9.60. The van der Waals surface area contributed by atoms with Gasteiger partial charge in [-0.2, -0.15) is 5.10 Å². The molecule has 1 aliphatic rings. The molecule has 0 spiro atoms. The number of hydrogen-bond donors (Lipinski definition) is 1. The van der Waals surface area contributed by atoms with Crippen LogP contribution in [0.25, 0.3) is 0 Å². The summed E-state index contributed by atoms with van der Waals surface area (Å²) in [6.07, 6.45) is 1.33. The highest BCUT2D eigenvalue weighted by atomic mass is 79.9. The summed E-state index contributed by atoms with van der Waals surface area (Å²) in [6, 6.07) is 13.3. The Morgan fingerprint density at radius 2 is 1.79 bits per heavy atom. The van der Waals surface area contributed by atoms with Gasteiger partial charge in [-0.25, -0.2) is 14.6 Å². The van der Waals surface area contributed by atoms with Gasteiger partial charge >= 0.3 is 5.97 Å². The average molecular weight is 578 g/mol. The lowest BCUT2D eigenvalue weighted by Crippen LogP contribution is -2.19. The third-order valence-corrected chi connectivity index (χ3v) is 5.51. The molecule has 33 heavy (non-hydrogen) atoms. The van der Waals surface area contributed by atoms with E-state index >= 15 is 0 Å². The van der Waals surface area contributed by atoms with Gasteiger partial charge in [-0.3, -0.25) is 4.79 Å². The minimum atomic E-state index is -0.743. The Morgan fingerprint density at radius 1 is 1.00 bits per heavy atom. The van der Waals surface area contributed by atoms with Crippen LogP contribution in [0.3, 0.4) is 0 Å². The van der Waals surface area contributed by atoms with Crippen molar-refractivity contribution < 1.29 is 28.2 Å². The van der Waals surface area contributed by atoms with E-state index < -0.39 is 17.7 Å². The molecule has 1 heterocycles. The molecule has 168 valence electrons. The topological polar surface area (TPSA) is 86.2 Å². The number of fused-ring (bicyclic) bond motifs is 1. The summed E-state index contributed by atoms with van der Waals surface area (Å²) in [4.78, 5) is 25.0. The molecular weight excluding hydrogens is 563 g/mol. The molecule has 0 atom stereocenters. The van der Waals surface area contributed by atoms with Crippen molar-refractivity contribution in [1.29, 1.82) is 0 Å². The van der Waals surface area contributed by atoms with E-state index in [0.717, 1.165) is 6.07 Å². The summed E-state index contributed by atoms with van der Waals surface area (Å²) in [5.41, 5.74) is 3.21. The Balaban J connectivity index is 1.51. The lowest BCUT2D eigenvalue weighted by atomic mass is 10.2. The van der Waals surface area contributed by atoms with Gasteiger partial charge in [-0.15, -0.1) is 0 Å². The summed E-state index contributed by atoms with van der Waals surface area (Å²) in [6.45, 7) is 0.863. The smallest absolute Gasteiger partial charge is 0.343 e. The first kappa shape index (κ1) is 22.9. The van der Waals surface area contributed by atoms with Crippen LogP contribution in [0, 0.1) is 5.82 Å². The van der Waals surface area contributed by atoms with E-state index in [4.69, 9.17) is 14.2 Å². The van der Waals surface area contributed by atoms with Gasteiger partial charge in [0.15, 0.2) is 17.2 Å². The Hall–Kier alpha value is -3.24. The monoisotopic (exact) mass is 576 g/mol. The maximum atomic E-state index is 13.5. The van der Waals surface area contributed by atoms with Gasteiger partial charge in [0.1, 0.15) is 19.0 Å². The Kier molecular flexibility index (Phi) is 7.05. The van der Waals surface area contributed by atoms with Gasteiger partial charge in [0.25, 0.3) is 5.91 Å². The summed E-state index contributed by atoms with van der Waals surface area (Å²) < 4.78 is 31.0. The minimum absolute atomic E-state index is 0.0552. The van der Waals surface area contributed by atoms with Crippen LogP contribution < -0.4 is 19.6 Å². The zero-order chi connectivity index (χ0) is 23.4. The van der Waals surface area contributed by atoms with E-state index in [0.29, 0.717) is 44.8 Å². The first-order chi connectivity index (χ1) is 15.9. The third kappa shape index (κ3) is 5.58. The van der Waals surface area contributed by atoms with Crippen molar-refractivity contribution in [3.63, 3.8) is 0 Å². The standard InChI is InChI=1S/C23H15Br2FN2O5/c24-16-8-15(21(18(25)11-16)33-23(30)14-2-1-3-17(26)9-14)12-27-28-22(29)13-4-5-19-20(10-13)32-7-6-31-19/h1-5,8-12H,6-7H2,(H,28,29)/b27-12-. The summed E-state index contributed by atoms with van der Waals surface area (Å²) in [5.74, 6) is -0.541. The molecule has 0 radical (unpaired) electrons. The van der Waals surface area contributed by atoms with Crippen LogP contribution in [0.1, 0.15) is 26.3 Å². The number of amides is 1. The van der Waals surface area contributed by atoms with Crippen LogP contribution in [0.2, 0.25) is 0 Å². The largest absolute Gasteiger partial charge is 0.486 e. The molecule has 3 aromatic rings. The normalized spacial score (nSPS) is 12.5. The summed E-state index contributed by atoms with van der Waals surface area (Å²) >= 11 is 6.72. The van der Waals surface area contributed by atoms with Gasteiger partial charge in [0.2, 0.25) is 0 Å². The number of benzene rings is 3. The second kappa shape index (κ2) is 10.1. The van der Waals surface area contributed by atoms with Crippen molar-refractivity contribution in [2.45, 2.75) is 0 Å². The number of nitrogens with one attached hydrogen (secondary N) is 1. The van der Waals surface area contributed by atoms with Crippen LogP contribution in [-0.2, 0) is 0 Å². The van der Waals surface area contributed by atoms with Crippen molar-refractivity contribution in [2.24, 2.45) is 5.10 Å². The predicted molar refractivity (Wildman–Crippen MR) is 126 cm³/mol. The van der Waals surface area contributed by atoms with Crippen molar-refractivity contribution in [3.05, 3.63) is 86.1 Å². The number of rotatable bonds is 5. The molecular formula is C23H15Br2FN2O5. The van der Waals surface area contributed by atoms with Crippen molar-refractivity contribution in [1.82, 2.24) is 5.43 Å². The molecule has 1 N–H and O–H groups in total. The van der Waals surface area contributed by atoms with E-state index in [-0.39, 0.29) is 11.3 Å². The van der Waals surface area contributed by atoms with E-state index in [1.807, 2.05) is 0 Å². The molecule has 0 aliphatic carbocycles. The average Bonchev–Trinajstić information content (AvgIpc) is 2.80. The number of esters is 1. The molecule has 0 aromatic heterocycles. The number of hydrogen-bond acceptors (Lipinski definition) is 6. The highest BCUT2D eigenvalue weighted by Gasteiger charge is 2.17. The fraction of sp³-hybridized carbons (Fsp3) is 0.0870. The molecule has 3 aromatic carbocycles. The molecule has 0 saturated heterocycles. The maximum absolute atomic E-state index is 13.5. The molecule has 1 amide bonds. The number of halogens is 3. The molecule has 0 fully saturated rings. The number of ether oxygens (including phenoxy) is 3. The van der Waals surface area contributed by atoms with E-state index in [1.165, 1.54) is 24.4 Å². The molecule has 0 saturated carbocycles. The number of carbonyl (C=O) groups excluding carboxylic acids is 2. The molecule has 0 bridgehead atoms. The quantitative estimate of drug-likeness (QED) is 0.197. The zero-order valence-corrected chi connectivity index (χ0v) is 20.0. The second-order valence-corrected chi connectivity index (χ2v) is 8.53. The lowest BCUT2D eigenvalue weighted by molar-refractivity contribution is 0.0732. The second-order valence-electron chi connectivity index (χ2n) is 6.76. The maximum Gasteiger partial charge on any atom is 0.343 e. The van der Waals surface area contributed by atoms with Gasteiger partial charge < -0.3 is 14.2 Å². The summed E-state index contributed by atoms with van der Waals surface area (Å²) in [7, 11) is 0. The Labute approximate surface area is 204 Å². The molecule has 10 heteroatoms. The Bertz CT molecular complexity index is 1270. The number of hydrazone groups is 1. The van der Waals surface area contributed by atoms with Gasteiger partial charge in [-0.1, -0.05) is 22.0 Å². The fourth-order valence-corrected chi connectivity index (χ4v) is 4.30. The zero-order valence-electron chi connectivity index (χ0n) is 16.8. The highest BCUT2D eigenvalue weighted by Crippen LogP contribution is 2.33. The van der Waals surface area contributed by atoms with Crippen LogP contribution in [-0.4, -0.2) is 31.3 Å². The van der Waals surface area contributed by atoms with Gasteiger partial charge in [-0.05, 0) is 64.5 Å². The molecule has 0 unspecified atom stereocenters. The first-order valence-corrected chi connectivity index (χ1v) is 11.2. The summed E-state index contributed by atoms with van der Waals surface area (Å²) in [5, 5.41) is 3.98. The van der Waals surface area contributed by atoms with E-state index in [9.17, 15) is 14.0 Å². The third-order valence-electron chi connectivity index (χ3n) is 4.47. The predicted octanol–water partition coefficient (Wildman–Crippen LogP) is 5.11. The van der Waals surface area contributed by atoms with E-state index in [1.54, 1.807) is 30.3 Å². The van der Waals surface area contributed by atoms with Gasteiger partial charge in [0.05, 0.1) is 16.3 Å². The molecule has 7 nitrogen and oxygen atoms in total. The van der Waals surface area contributed by atoms with Crippen molar-refractivity contribution in [2.75, 3.05) is 13.2 Å². The van der Waals surface area contributed by atoms with Crippen LogP contribution in [0.15, 0.2) is 68.6 Å². The van der Waals surface area contributed by atoms with E-state index in [2.05, 4.69) is 42.4 Å². The SMILES string of the molecule is O=C(N/N=C\c1cc(Br)cc(Br)c1OC(=O)c1cccc(F)c1)c1ccc2c(c1)OCCO2. The van der Waals surface area contributed by atoms with Crippen LogP contribution in [0.5, 0.6) is 17.2 Å². The van der Waals surface area contributed by atoms with Crippen molar-refractivity contribution >= 4 is 50.0 Å². The number of carbonyl (C=O) groups is 2. The molecule has 1 aliphatic heterocycles. The minimum Gasteiger partial charge on any atom is -0.486 e. The Morgan fingerprint density at radius 3 is 2.58 bits per heavy atom. The van der Waals surface area contributed by atoms with Crippen LogP contribution in [0.4, 0.5) is 4.39 Å². The fourth-order valence-electron chi connectivity index (χ4n) is 2.96. The van der Waals surface area contributed by atoms with Gasteiger partial charge in [0, 0.05) is 15.6 Å².